The highest BCUT2D eigenvalue weighted by atomic mass is 32.1. The zero-order chi connectivity index (χ0) is 15.5. The molecule has 0 saturated heterocycles. The molecule has 0 bridgehead atoms. The van der Waals surface area contributed by atoms with E-state index in [2.05, 4.69) is 56.1 Å². The van der Waals surface area contributed by atoms with Crippen molar-refractivity contribution in [3.8, 4) is 0 Å². The van der Waals surface area contributed by atoms with Gasteiger partial charge in [0.15, 0.2) is 0 Å². The van der Waals surface area contributed by atoms with Crippen LogP contribution in [0.4, 0.5) is 0 Å². The molecule has 1 aliphatic carbocycles. The zero-order valence-corrected chi connectivity index (χ0v) is 14.3. The van der Waals surface area contributed by atoms with Gasteiger partial charge in [0.1, 0.15) is 0 Å². The fourth-order valence-corrected chi connectivity index (χ4v) is 3.57. The SMILES string of the molecule is CN(C1CCC(C)(C)CC1)C(CC(N)=S)c1ccccc1. The summed E-state index contributed by atoms with van der Waals surface area (Å²) in [6.07, 6.45) is 5.90. The molecule has 0 heterocycles. The maximum absolute atomic E-state index is 5.85. The highest BCUT2D eigenvalue weighted by Crippen LogP contribution is 2.39. The summed E-state index contributed by atoms with van der Waals surface area (Å²) in [5, 5.41) is 0. The monoisotopic (exact) mass is 304 g/mol. The first-order valence-corrected chi connectivity index (χ1v) is 8.35. The molecule has 1 atom stereocenters. The Hall–Kier alpha value is -0.930. The minimum Gasteiger partial charge on any atom is -0.393 e. The third-order valence-corrected chi connectivity index (χ3v) is 5.12. The second-order valence-electron chi connectivity index (χ2n) is 7.16. The molecular formula is C18H28N2S. The van der Waals surface area contributed by atoms with Crippen LogP contribution in [-0.4, -0.2) is 23.0 Å². The summed E-state index contributed by atoms with van der Waals surface area (Å²) >= 11 is 5.18. The number of hydrogen-bond donors (Lipinski definition) is 1. The highest BCUT2D eigenvalue weighted by Gasteiger charge is 2.31. The molecule has 1 saturated carbocycles. The second kappa shape index (κ2) is 6.89. The largest absolute Gasteiger partial charge is 0.393 e. The van der Waals surface area contributed by atoms with Crippen LogP contribution in [0.25, 0.3) is 0 Å². The van der Waals surface area contributed by atoms with E-state index in [1.807, 2.05) is 0 Å². The predicted octanol–water partition coefficient (Wildman–Crippen LogP) is 4.30. The van der Waals surface area contributed by atoms with E-state index in [1.54, 1.807) is 0 Å². The topological polar surface area (TPSA) is 29.3 Å². The van der Waals surface area contributed by atoms with Gasteiger partial charge in [-0.15, -0.1) is 0 Å². The average Bonchev–Trinajstić information content (AvgIpc) is 2.45. The van der Waals surface area contributed by atoms with Gasteiger partial charge in [-0.2, -0.15) is 0 Å². The Morgan fingerprint density at radius 2 is 1.86 bits per heavy atom. The van der Waals surface area contributed by atoms with Crippen LogP contribution >= 0.6 is 12.2 Å². The summed E-state index contributed by atoms with van der Waals surface area (Å²) < 4.78 is 0. The van der Waals surface area contributed by atoms with Crippen molar-refractivity contribution in [2.75, 3.05) is 7.05 Å². The lowest BCUT2D eigenvalue weighted by Gasteiger charge is -2.42. The molecule has 2 rings (SSSR count). The Balaban J connectivity index is 2.11. The van der Waals surface area contributed by atoms with Crippen molar-refractivity contribution < 1.29 is 0 Å². The molecule has 2 nitrogen and oxygen atoms in total. The molecule has 21 heavy (non-hydrogen) atoms. The Morgan fingerprint density at radius 1 is 1.29 bits per heavy atom. The van der Waals surface area contributed by atoms with Crippen LogP contribution < -0.4 is 5.73 Å². The van der Waals surface area contributed by atoms with Crippen molar-refractivity contribution >= 4 is 17.2 Å². The molecule has 0 spiro atoms. The number of nitrogens with zero attached hydrogens (tertiary/aromatic N) is 1. The molecule has 1 aliphatic rings. The first kappa shape index (κ1) is 16.4. The maximum atomic E-state index is 5.85. The van der Waals surface area contributed by atoms with Crippen molar-refractivity contribution in [1.29, 1.82) is 0 Å². The number of nitrogens with two attached hydrogens (primary N) is 1. The molecule has 0 aliphatic heterocycles. The van der Waals surface area contributed by atoms with E-state index < -0.39 is 0 Å². The highest BCUT2D eigenvalue weighted by molar-refractivity contribution is 7.80. The number of rotatable bonds is 5. The Labute approximate surface area is 134 Å². The third-order valence-electron chi connectivity index (χ3n) is 4.96. The molecule has 0 amide bonds. The van der Waals surface area contributed by atoms with E-state index in [0.717, 1.165) is 6.42 Å². The van der Waals surface area contributed by atoms with Gasteiger partial charge in [0.05, 0.1) is 4.99 Å². The van der Waals surface area contributed by atoms with Gasteiger partial charge < -0.3 is 5.73 Å². The maximum Gasteiger partial charge on any atom is 0.0746 e. The Kier molecular flexibility index (Phi) is 5.39. The van der Waals surface area contributed by atoms with Crippen LogP contribution in [0.1, 0.15) is 57.6 Å². The lowest BCUT2D eigenvalue weighted by atomic mass is 9.75. The van der Waals surface area contributed by atoms with Crippen molar-refractivity contribution in [2.24, 2.45) is 11.1 Å². The van der Waals surface area contributed by atoms with Crippen molar-refractivity contribution in [3.05, 3.63) is 35.9 Å². The van der Waals surface area contributed by atoms with E-state index in [-0.39, 0.29) is 0 Å². The summed E-state index contributed by atoms with van der Waals surface area (Å²) in [6, 6.07) is 11.6. The fourth-order valence-electron chi connectivity index (χ4n) is 3.41. The second-order valence-corrected chi connectivity index (χ2v) is 7.68. The molecule has 1 aromatic rings. The number of benzene rings is 1. The van der Waals surface area contributed by atoms with Crippen LogP contribution in [0.5, 0.6) is 0 Å². The molecule has 1 fully saturated rings. The third kappa shape index (κ3) is 4.52. The van der Waals surface area contributed by atoms with E-state index in [1.165, 1.54) is 31.2 Å². The minimum atomic E-state index is 0.301. The zero-order valence-electron chi connectivity index (χ0n) is 13.5. The first-order valence-electron chi connectivity index (χ1n) is 7.94. The lowest BCUT2D eigenvalue weighted by molar-refractivity contribution is 0.0963. The van der Waals surface area contributed by atoms with E-state index in [4.69, 9.17) is 18.0 Å². The van der Waals surface area contributed by atoms with Crippen LogP contribution in [0, 0.1) is 5.41 Å². The summed E-state index contributed by atoms with van der Waals surface area (Å²) in [4.78, 5) is 3.11. The molecule has 1 aromatic carbocycles. The summed E-state index contributed by atoms with van der Waals surface area (Å²) in [6.45, 7) is 4.76. The normalized spacial score (nSPS) is 20.4. The van der Waals surface area contributed by atoms with Crippen LogP contribution in [0.15, 0.2) is 30.3 Å². The van der Waals surface area contributed by atoms with Crippen molar-refractivity contribution in [1.82, 2.24) is 4.90 Å². The Morgan fingerprint density at radius 3 is 2.38 bits per heavy atom. The summed E-state index contributed by atoms with van der Waals surface area (Å²) in [5.41, 5.74) is 7.67. The van der Waals surface area contributed by atoms with Gasteiger partial charge in [0.25, 0.3) is 0 Å². The van der Waals surface area contributed by atoms with Gasteiger partial charge in [-0.1, -0.05) is 56.4 Å². The first-order chi connectivity index (χ1) is 9.89. The van der Waals surface area contributed by atoms with Crippen molar-refractivity contribution in [3.63, 3.8) is 0 Å². The minimum absolute atomic E-state index is 0.301. The molecule has 1 unspecified atom stereocenters. The van der Waals surface area contributed by atoms with Crippen molar-refractivity contribution in [2.45, 2.75) is 58.0 Å². The predicted molar refractivity (Wildman–Crippen MR) is 94.4 cm³/mol. The van der Waals surface area contributed by atoms with Gasteiger partial charge in [0.2, 0.25) is 0 Å². The molecular weight excluding hydrogens is 276 g/mol. The Bertz CT molecular complexity index is 459. The fraction of sp³-hybridized carbons (Fsp3) is 0.611. The quantitative estimate of drug-likeness (QED) is 0.822. The lowest BCUT2D eigenvalue weighted by Crippen LogP contribution is -2.40. The average molecular weight is 305 g/mol. The van der Waals surface area contributed by atoms with E-state index >= 15 is 0 Å². The molecule has 116 valence electrons. The standard InChI is InChI=1S/C18H28N2S/c1-18(2)11-9-15(10-12-18)20(3)16(13-17(19)21)14-7-5-4-6-8-14/h4-8,15-16H,9-13H2,1-3H3,(H2,19,21). The molecule has 0 aromatic heterocycles. The van der Waals surface area contributed by atoms with Crippen LogP contribution in [0.3, 0.4) is 0 Å². The van der Waals surface area contributed by atoms with Gasteiger partial charge in [-0.3, -0.25) is 4.90 Å². The van der Waals surface area contributed by atoms with E-state index in [9.17, 15) is 0 Å². The molecule has 2 N–H and O–H groups in total. The summed E-state index contributed by atoms with van der Waals surface area (Å²) in [7, 11) is 2.24. The van der Waals surface area contributed by atoms with Gasteiger partial charge in [-0.25, -0.2) is 0 Å². The van der Waals surface area contributed by atoms with Gasteiger partial charge in [-0.05, 0) is 43.7 Å². The van der Waals surface area contributed by atoms with Gasteiger partial charge in [0, 0.05) is 18.5 Å². The van der Waals surface area contributed by atoms with Crippen LogP contribution in [-0.2, 0) is 0 Å². The van der Waals surface area contributed by atoms with Crippen LogP contribution in [0.2, 0.25) is 0 Å². The van der Waals surface area contributed by atoms with E-state index in [0.29, 0.717) is 22.5 Å². The number of thiocarbonyl (C=S) groups is 1. The molecule has 3 heteroatoms. The molecule has 0 radical (unpaired) electrons. The summed E-state index contributed by atoms with van der Waals surface area (Å²) in [5.74, 6) is 0. The number of hydrogen-bond acceptors (Lipinski definition) is 2. The smallest absolute Gasteiger partial charge is 0.0746 e. The van der Waals surface area contributed by atoms with Gasteiger partial charge >= 0.3 is 0 Å².